The lowest BCUT2D eigenvalue weighted by Gasteiger charge is -2.49. The third-order valence-electron chi connectivity index (χ3n) is 8.36. The molecule has 0 spiro atoms. The Balaban J connectivity index is 1.43. The van der Waals surface area contributed by atoms with E-state index >= 15 is 0 Å². The van der Waals surface area contributed by atoms with E-state index in [9.17, 15) is 17.2 Å². The zero-order valence-corrected chi connectivity index (χ0v) is 22.7. The molecule has 0 bridgehead atoms. The normalized spacial score (nSPS) is 23.7. The molecule has 0 saturated carbocycles. The van der Waals surface area contributed by atoms with Crippen molar-refractivity contribution in [1.29, 1.82) is 0 Å². The summed E-state index contributed by atoms with van der Waals surface area (Å²) in [5.41, 5.74) is 1.14. The van der Waals surface area contributed by atoms with Crippen LogP contribution in [0.3, 0.4) is 0 Å². The van der Waals surface area contributed by atoms with Crippen molar-refractivity contribution in [2.45, 2.75) is 51.4 Å². The van der Waals surface area contributed by atoms with Gasteiger partial charge in [-0.1, -0.05) is 26.8 Å². The molecule has 6 rings (SSSR count). The highest BCUT2D eigenvalue weighted by Gasteiger charge is 2.52. The Morgan fingerprint density at radius 3 is 2.44 bits per heavy atom. The van der Waals surface area contributed by atoms with Gasteiger partial charge in [-0.3, -0.25) is 0 Å². The first-order chi connectivity index (χ1) is 18.4. The fraction of sp³-hybridized carbons (Fsp3) is 0.407. The molecule has 1 saturated heterocycles. The van der Waals surface area contributed by atoms with Gasteiger partial charge in [-0.2, -0.15) is 9.78 Å². The number of halogens is 2. The maximum atomic E-state index is 14.6. The summed E-state index contributed by atoms with van der Waals surface area (Å²) in [6, 6.07) is 7.30. The van der Waals surface area contributed by atoms with Crippen molar-refractivity contribution in [3.8, 4) is 17.2 Å². The van der Waals surface area contributed by atoms with Crippen LogP contribution in [-0.4, -0.2) is 54.9 Å². The molecule has 4 aromatic rings. The van der Waals surface area contributed by atoms with Crippen LogP contribution >= 0.6 is 0 Å². The Bertz CT molecular complexity index is 1690. The number of nitrogens with zero attached hydrogens (tertiary/aromatic N) is 7. The SMILES string of the molecule is C[C@@H]1CC(C)(C)[C@@](C)(c2ccnc(-n3cnc(C4CS(=O)(=O)C4)n3)n2)c2nnc(-c3c(F)cccc3F)cc21. The lowest BCUT2D eigenvalue weighted by molar-refractivity contribution is 0.158. The van der Waals surface area contributed by atoms with Gasteiger partial charge in [0.05, 0.1) is 39.6 Å². The van der Waals surface area contributed by atoms with Gasteiger partial charge in [-0.25, -0.2) is 32.2 Å². The monoisotopic (exact) mass is 551 g/mol. The van der Waals surface area contributed by atoms with Crippen molar-refractivity contribution in [3.05, 3.63) is 77.3 Å². The fourth-order valence-corrected chi connectivity index (χ4v) is 7.34. The zero-order chi connectivity index (χ0) is 27.7. The molecular weight excluding hydrogens is 524 g/mol. The van der Waals surface area contributed by atoms with E-state index in [4.69, 9.17) is 4.98 Å². The molecule has 3 aromatic heterocycles. The number of rotatable bonds is 4. The number of benzene rings is 1. The Labute approximate surface area is 224 Å². The fourth-order valence-electron chi connectivity index (χ4n) is 5.91. The van der Waals surface area contributed by atoms with Gasteiger partial charge in [-0.05, 0) is 54.5 Å². The molecule has 1 aromatic carbocycles. The van der Waals surface area contributed by atoms with E-state index in [0.29, 0.717) is 23.2 Å². The average molecular weight is 552 g/mol. The predicted octanol–water partition coefficient (Wildman–Crippen LogP) is 4.14. The number of fused-ring (bicyclic) bond motifs is 1. The van der Waals surface area contributed by atoms with Gasteiger partial charge >= 0.3 is 0 Å². The van der Waals surface area contributed by atoms with Gasteiger partial charge in [0.2, 0.25) is 0 Å². The minimum Gasteiger partial charge on any atom is -0.229 e. The van der Waals surface area contributed by atoms with Crippen LogP contribution in [0.2, 0.25) is 0 Å². The van der Waals surface area contributed by atoms with Gasteiger partial charge < -0.3 is 0 Å². The summed E-state index contributed by atoms with van der Waals surface area (Å²) in [5.74, 6) is -0.736. The van der Waals surface area contributed by atoms with E-state index in [0.717, 1.165) is 12.0 Å². The molecule has 12 heteroatoms. The Kier molecular flexibility index (Phi) is 5.69. The summed E-state index contributed by atoms with van der Waals surface area (Å²) in [6.45, 7) is 8.41. The van der Waals surface area contributed by atoms with Crippen molar-refractivity contribution >= 4 is 9.84 Å². The predicted molar refractivity (Wildman–Crippen MR) is 139 cm³/mol. The molecule has 0 radical (unpaired) electrons. The molecule has 4 heterocycles. The van der Waals surface area contributed by atoms with Gasteiger partial charge in [-0.15, -0.1) is 10.2 Å². The standard InChI is InChI=1S/C27H27F2N7O2S/c1-15-11-26(2,3)27(4,23-17(15)10-20(33-34-23)22-18(28)6-5-7-19(22)29)21-8-9-30-25(32-21)36-14-31-24(35-36)16-12-39(37,38)13-16/h5-10,14-16H,11-13H2,1-4H3/t15-,27+/m1/s1. The van der Waals surface area contributed by atoms with Crippen LogP contribution in [0, 0.1) is 17.0 Å². The third-order valence-corrected chi connectivity index (χ3v) is 10.2. The van der Waals surface area contributed by atoms with Crippen molar-refractivity contribution in [3.63, 3.8) is 0 Å². The van der Waals surface area contributed by atoms with Crippen molar-refractivity contribution in [2.75, 3.05) is 11.5 Å². The summed E-state index contributed by atoms with van der Waals surface area (Å²) in [5, 5.41) is 13.3. The molecule has 1 fully saturated rings. The first kappa shape index (κ1) is 25.6. The van der Waals surface area contributed by atoms with Crippen molar-refractivity contribution in [2.24, 2.45) is 5.41 Å². The summed E-state index contributed by atoms with van der Waals surface area (Å²) in [7, 11) is -3.01. The minimum atomic E-state index is -3.01. The molecule has 1 aliphatic carbocycles. The number of hydrogen-bond donors (Lipinski definition) is 0. The first-order valence-electron chi connectivity index (χ1n) is 12.7. The largest absolute Gasteiger partial charge is 0.252 e. The van der Waals surface area contributed by atoms with E-state index < -0.39 is 26.9 Å². The maximum absolute atomic E-state index is 14.6. The first-order valence-corrected chi connectivity index (χ1v) is 14.5. The van der Waals surface area contributed by atoms with Crippen molar-refractivity contribution in [1.82, 2.24) is 34.9 Å². The van der Waals surface area contributed by atoms with Crippen LogP contribution in [0.5, 0.6) is 0 Å². The Morgan fingerprint density at radius 1 is 1.03 bits per heavy atom. The number of sulfone groups is 1. The van der Waals surface area contributed by atoms with E-state index in [-0.39, 0.29) is 40.0 Å². The molecule has 2 aliphatic rings. The van der Waals surface area contributed by atoms with Gasteiger partial charge in [0.25, 0.3) is 5.95 Å². The van der Waals surface area contributed by atoms with Gasteiger partial charge in [0.15, 0.2) is 15.7 Å². The maximum Gasteiger partial charge on any atom is 0.252 e. The third kappa shape index (κ3) is 4.03. The van der Waals surface area contributed by atoms with Gasteiger partial charge in [0.1, 0.15) is 18.0 Å². The number of hydrogen-bond acceptors (Lipinski definition) is 8. The average Bonchev–Trinajstić information content (AvgIpc) is 3.36. The second-order valence-electron chi connectivity index (χ2n) is 11.3. The molecule has 0 amide bonds. The Morgan fingerprint density at radius 2 is 1.74 bits per heavy atom. The van der Waals surface area contributed by atoms with Crippen LogP contribution in [0.25, 0.3) is 17.2 Å². The van der Waals surface area contributed by atoms with E-state index in [1.807, 2.05) is 13.0 Å². The molecule has 1 aliphatic heterocycles. The van der Waals surface area contributed by atoms with Crippen LogP contribution < -0.4 is 0 Å². The summed E-state index contributed by atoms with van der Waals surface area (Å²) in [6.07, 6.45) is 3.89. The lowest BCUT2D eigenvalue weighted by atomic mass is 9.54. The highest BCUT2D eigenvalue weighted by atomic mass is 32.2. The van der Waals surface area contributed by atoms with Crippen LogP contribution in [0.15, 0.2) is 42.9 Å². The molecule has 39 heavy (non-hydrogen) atoms. The van der Waals surface area contributed by atoms with Crippen molar-refractivity contribution < 1.29 is 17.2 Å². The second-order valence-corrected chi connectivity index (χ2v) is 13.5. The minimum absolute atomic E-state index is 0.0383. The highest BCUT2D eigenvalue weighted by Crippen LogP contribution is 2.56. The molecule has 0 unspecified atom stereocenters. The smallest absolute Gasteiger partial charge is 0.229 e. The van der Waals surface area contributed by atoms with Gasteiger partial charge in [0, 0.05) is 12.1 Å². The summed E-state index contributed by atoms with van der Waals surface area (Å²) < 4.78 is 53.7. The molecular formula is C27H27F2N7O2S. The van der Waals surface area contributed by atoms with E-state index in [1.165, 1.54) is 29.2 Å². The summed E-state index contributed by atoms with van der Waals surface area (Å²) in [4.78, 5) is 13.5. The molecule has 0 N–H and O–H groups in total. The molecule has 202 valence electrons. The van der Waals surface area contributed by atoms with Crippen LogP contribution in [-0.2, 0) is 15.3 Å². The Hall–Kier alpha value is -3.67. The van der Waals surface area contributed by atoms with E-state index in [1.54, 1.807) is 12.3 Å². The molecule has 2 atom stereocenters. The highest BCUT2D eigenvalue weighted by molar-refractivity contribution is 7.92. The second kappa shape index (κ2) is 8.67. The van der Waals surface area contributed by atoms with Crippen LogP contribution in [0.1, 0.15) is 68.7 Å². The van der Waals surface area contributed by atoms with Crippen LogP contribution in [0.4, 0.5) is 8.78 Å². The molecule has 9 nitrogen and oxygen atoms in total. The topological polar surface area (TPSA) is 116 Å². The summed E-state index contributed by atoms with van der Waals surface area (Å²) >= 11 is 0. The zero-order valence-electron chi connectivity index (χ0n) is 21.9. The van der Waals surface area contributed by atoms with E-state index in [2.05, 4.69) is 46.0 Å². The lowest BCUT2D eigenvalue weighted by Crippen LogP contribution is -2.47. The quantitative estimate of drug-likeness (QED) is 0.372. The number of aromatic nitrogens is 7.